The summed E-state index contributed by atoms with van der Waals surface area (Å²) >= 11 is 3.35. The molecule has 0 aliphatic carbocycles. The van der Waals surface area contributed by atoms with Crippen molar-refractivity contribution in [3.8, 4) is 11.5 Å². The molecule has 23 heavy (non-hydrogen) atoms. The van der Waals surface area contributed by atoms with E-state index in [1.165, 1.54) is 14.2 Å². The number of hydrogen-bond donors (Lipinski definition) is 0. The van der Waals surface area contributed by atoms with Crippen molar-refractivity contribution in [2.24, 2.45) is 0 Å². The standard InChI is InChI=1S/C14H17BrN4O4/c1-4-5-19-12(16-17-18-19)8-23-14(20)9-6-10(21-2)13(15)11(7-9)22-3/h6-7H,4-5,8H2,1-3H3. The number of aryl methyl sites for hydroxylation is 1. The van der Waals surface area contributed by atoms with Gasteiger partial charge in [-0.25, -0.2) is 9.48 Å². The Morgan fingerprint density at radius 2 is 1.91 bits per heavy atom. The molecule has 1 aromatic carbocycles. The lowest BCUT2D eigenvalue weighted by atomic mass is 10.2. The molecule has 2 rings (SSSR count). The second-order valence-corrected chi connectivity index (χ2v) is 5.38. The van der Waals surface area contributed by atoms with Crippen LogP contribution in [-0.2, 0) is 17.9 Å². The number of esters is 1. The van der Waals surface area contributed by atoms with Crippen molar-refractivity contribution < 1.29 is 19.0 Å². The van der Waals surface area contributed by atoms with Crippen LogP contribution in [0.25, 0.3) is 0 Å². The zero-order chi connectivity index (χ0) is 16.8. The average Bonchev–Trinajstić information content (AvgIpc) is 3.00. The number of rotatable bonds is 7. The molecule has 0 fully saturated rings. The highest BCUT2D eigenvalue weighted by molar-refractivity contribution is 9.10. The third-order valence-electron chi connectivity index (χ3n) is 3.06. The number of benzene rings is 1. The molecule has 0 aliphatic heterocycles. The van der Waals surface area contributed by atoms with Crippen molar-refractivity contribution in [1.29, 1.82) is 0 Å². The molecule has 0 amide bonds. The predicted molar refractivity (Wildman–Crippen MR) is 84.5 cm³/mol. The topological polar surface area (TPSA) is 88.4 Å². The molecule has 2 aromatic rings. The molecule has 0 N–H and O–H groups in total. The lowest BCUT2D eigenvalue weighted by molar-refractivity contribution is 0.0455. The minimum atomic E-state index is -0.514. The highest BCUT2D eigenvalue weighted by atomic mass is 79.9. The van der Waals surface area contributed by atoms with E-state index in [0.29, 0.717) is 33.9 Å². The molecule has 0 bridgehead atoms. The Morgan fingerprint density at radius 1 is 1.26 bits per heavy atom. The normalized spacial score (nSPS) is 10.4. The summed E-state index contributed by atoms with van der Waals surface area (Å²) in [4.78, 5) is 12.2. The van der Waals surface area contributed by atoms with Crippen LogP contribution in [0.2, 0.25) is 0 Å². The Balaban J connectivity index is 2.13. The van der Waals surface area contributed by atoms with Gasteiger partial charge in [0, 0.05) is 6.54 Å². The number of tetrazole rings is 1. The Bertz CT molecular complexity index is 664. The molecule has 0 aliphatic rings. The van der Waals surface area contributed by atoms with Crippen LogP contribution in [0.15, 0.2) is 16.6 Å². The van der Waals surface area contributed by atoms with E-state index in [-0.39, 0.29) is 6.61 Å². The van der Waals surface area contributed by atoms with Crippen LogP contribution in [0.5, 0.6) is 11.5 Å². The molecule has 8 nitrogen and oxygen atoms in total. The van der Waals surface area contributed by atoms with E-state index in [4.69, 9.17) is 14.2 Å². The molecule has 0 saturated carbocycles. The first-order valence-corrected chi connectivity index (χ1v) is 7.73. The summed E-state index contributed by atoms with van der Waals surface area (Å²) in [5, 5.41) is 11.3. The van der Waals surface area contributed by atoms with Gasteiger partial charge in [-0.1, -0.05) is 6.92 Å². The van der Waals surface area contributed by atoms with E-state index in [0.717, 1.165) is 6.42 Å². The predicted octanol–water partition coefficient (Wildman–Crippen LogP) is 2.22. The van der Waals surface area contributed by atoms with Crippen molar-refractivity contribution in [1.82, 2.24) is 20.2 Å². The van der Waals surface area contributed by atoms with Crippen molar-refractivity contribution in [3.63, 3.8) is 0 Å². The van der Waals surface area contributed by atoms with Gasteiger partial charge in [-0.3, -0.25) is 0 Å². The average molecular weight is 385 g/mol. The van der Waals surface area contributed by atoms with Gasteiger partial charge in [0.2, 0.25) is 0 Å². The summed E-state index contributed by atoms with van der Waals surface area (Å²) in [5.74, 6) is 0.940. The van der Waals surface area contributed by atoms with Crippen LogP contribution in [-0.4, -0.2) is 40.4 Å². The third-order valence-corrected chi connectivity index (χ3v) is 3.84. The highest BCUT2D eigenvalue weighted by Crippen LogP contribution is 2.35. The van der Waals surface area contributed by atoms with Gasteiger partial charge in [-0.05, 0) is 44.9 Å². The number of halogens is 1. The first-order valence-electron chi connectivity index (χ1n) is 6.94. The molecule has 0 atom stereocenters. The molecule has 124 valence electrons. The molecule has 1 aromatic heterocycles. The maximum absolute atomic E-state index is 12.2. The smallest absolute Gasteiger partial charge is 0.338 e. The van der Waals surface area contributed by atoms with Gasteiger partial charge in [0.1, 0.15) is 16.0 Å². The van der Waals surface area contributed by atoms with E-state index in [1.54, 1.807) is 16.8 Å². The van der Waals surface area contributed by atoms with Gasteiger partial charge in [0.15, 0.2) is 12.4 Å². The zero-order valence-electron chi connectivity index (χ0n) is 13.1. The van der Waals surface area contributed by atoms with E-state index in [1.807, 2.05) is 6.92 Å². The Kier molecular flexibility index (Phi) is 5.91. The lowest BCUT2D eigenvalue weighted by Crippen LogP contribution is -2.11. The fourth-order valence-corrected chi connectivity index (χ4v) is 2.47. The van der Waals surface area contributed by atoms with Crippen LogP contribution in [0.1, 0.15) is 29.5 Å². The SMILES string of the molecule is CCCn1nnnc1COC(=O)c1cc(OC)c(Br)c(OC)c1. The number of carbonyl (C=O) groups excluding carboxylic acids is 1. The van der Waals surface area contributed by atoms with Crippen LogP contribution in [0.3, 0.4) is 0 Å². The summed E-state index contributed by atoms with van der Waals surface area (Å²) in [7, 11) is 3.01. The zero-order valence-corrected chi connectivity index (χ0v) is 14.7. The Morgan fingerprint density at radius 3 is 2.48 bits per heavy atom. The highest BCUT2D eigenvalue weighted by Gasteiger charge is 2.17. The van der Waals surface area contributed by atoms with Gasteiger partial charge in [0.05, 0.1) is 19.8 Å². The van der Waals surface area contributed by atoms with Gasteiger partial charge >= 0.3 is 5.97 Å². The first-order chi connectivity index (χ1) is 11.1. The molecule has 0 unspecified atom stereocenters. The second kappa shape index (κ2) is 7.91. The Labute approximate surface area is 141 Å². The van der Waals surface area contributed by atoms with Crippen molar-refractivity contribution in [2.75, 3.05) is 14.2 Å². The molecule has 0 radical (unpaired) electrons. The van der Waals surface area contributed by atoms with Gasteiger partial charge in [0.25, 0.3) is 0 Å². The van der Waals surface area contributed by atoms with Crippen molar-refractivity contribution >= 4 is 21.9 Å². The summed E-state index contributed by atoms with van der Waals surface area (Å²) in [6.07, 6.45) is 0.882. The van der Waals surface area contributed by atoms with E-state index in [2.05, 4.69) is 31.5 Å². The quantitative estimate of drug-likeness (QED) is 0.676. The minimum Gasteiger partial charge on any atom is -0.495 e. The van der Waals surface area contributed by atoms with E-state index >= 15 is 0 Å². The van der Waals surface area contributed by atoms with Crippen LogP contribution in [0, 0.1) is 0 Å². The molecule has 1 heterocycles. The van der Waals surface area contributed by atoms with Crippen molar-refractivity contribution in [2.45, 2.75) is 26.5 Å². The number of aromatic nitrogens is 4. The van der Waals surface area contributed by atoms with Gasteiger partial charge in [-0.2, -0.15) is 0 Å². The minimum absolute atomic E-state index is 0.00741. The van der Waals surface area contributed by atoms with Crippen LogP contribution < -0.4 is 9.47 Å². The number of nitrogens with zero attached hydrogens (tertiary/aromatic N) is 4. The fourth-order valence-electron chi connectivity index (χ4n) is 1.91. The molecule has 0 spiro atoms. The summed E-state index contributed by atoms with van der Waals surface area (Å²) in [5.41, 5.74) is 0.316. The van der Waals surface area contributed by atoms with Gasteiger partial charge in [-0.15, -0.1) is 5.10 Å². The third kappa shape index (κ3) is 3.98. The largest absolute Gasteiger partial charge is 0.495 e. The molecular formula is C14H17BrN4O4. The first kappa shape index (κ1) is 17.2. The van der Waals surface area contributed by atoms with E-state index in [9.17, 15) is 4.79 Å². The van der Waals surface area contributed by atoms with Crippen molar-refractivity contribution in [3.05, 3.63) is 28.0 Å². The maximum atomic E-state index is 12.2. The summed E-state index contributed by atoms with van der Waals surface area (Å²) in [6.45, 7) is 2.67. The number of ether oxygens (including phenoxy) is 3. The summed E-state index contributed by atoms with van der Waals surface area (Å²) < 4.78 is 17.9. The van der Waals surface area contributed by atoms with Gasteiger partial charge < -0.3 is 14.2 Å². The summed E-state index contributed by atoms with van der Waals surface area (Å²) in [6, 6.07) is 3.15. The molecule has 0 saturated heterocycles. The maximum Gasteiger partial charge on any atom is 0.338 e. The second-order valence-electron chi connectivity index (χ2n) is 4.59. The van der Waals surface area contributed by atoms with Crippen LogP contribution >= 0.6 is 15.9 Å². The Hall–Kier alpha value is -2.16. The lowest BCUT2D eigenvalue weighted by Gasteiger charge is -2.11. The number of hydrogen-bond acceptors (Lipinski definition) is 7. The number of carbonyl (C=O) groups is 1. The van der Waals surface area contributed by atoms with Crippen LogP contribution in [0.4, 0.5) is 0 Å². The molecular weight excluding hydrogens is 368 g/mol. The fraction of sp³-hybridized carbons (Fsp3) is 0.429. The monoisotopic (exact) mass is 384 g/mol. The van der Waals surface area contributed by atoms with E-state index < -0.39 is 5.97 Å². The number of methoxy groups -OCH3 is 2. The molecule has 9 heteroatoms.